The van der Waals surface area contributed by atoms with E-state index >= 15 is 0 Å². The van der Waals surface area contributed by atoms with E-state index in [0.29, 0.717) is 22.8 Å². The van der Waals surface area contributed by atoms with E-state index in [2.05, 4.69) is 0 Å². The van der Waals surface area contributed by atoms with Crippen molar-refractivity contribution < 1.29 is 19.1 Å². The highest BCUT2D eigenvalue weighted by atomic mass is 16.3. The molecule has 1 aromatic heterocycles. The molecule has 5 heteroatoms. The van der Waals surface area contributed by atoms with Gasteiger partial charge in [-0.1, -0.05) is 29.8 Å². The van der Waals surface area contributed by atoms with Gasteiger partial charge in [0.2, 0.25) is 0 Å². The van der Waals surface area contributed by atoms with Gasteiger partial charge in [0.15, 0.2) is 0 Å². The number of benzene rings is 2. The Morgan fingerprint density at radius 1 is 0.900 bits per heavy atom. The average molecular weight is 401 g/mol. The van der Waals surface area contributed by atoms with Crippen molar-refractivity contribution in [1.29, 1.82) is 0 Å². The number of aliphatic hydroxyl groups excluding tert-OH is 1. The Labute approximate surface area is 175 Å². The lowest BCUT2D eigenvalue weighted by Crippen LogP contribution is -2.29. The minimum atomic E-state index is -0.844. The average Bonchev–Trinajstić information content (AvgIpc) is 3.26. The summed E-state index contributed by atoms with van der Waals surface area (Å²) in [5.74, 6) is -0.540. The number of hydrogen-bond acceptors (Lipinski definition) is 4. The second-order valence-electron chi connectivity index (χ2n) is 7.75. The van der Waals surface area contributed by atoms with Crippen LogP contribution in [0.25, 0.3) is 5.76 Å². The Hall–Kier alpha value is -3.60. The molecule has 0 spiro atoms. The molecule has 5 nitrogen and oxygen atoms in total. The van der Waals surface area contributed by atoms with Gasteiger partial charge >= 0.3 is 0 Å². The van der Waals surface area contributed by atoms with Crippen LogP contribution in [0.4, 0.5) is 5.69 Å². The predicted molar refractivity (Wildman–Crippen MR) is 115 cm³/mol. The van der Waals surface area contributed by atoms with E-state index in [9.17, 15) is 14.7 Å². The highest BCUT2D eigenvalue weighted by Crippen LogP contribution is 2.42. The molecule has 1 atom stereocenters. The molecule has 152 valence electrons. The number of amides is 1. The second-order valence-corrected chi connectivity index (χ2v) is 7.75. The summed E-state index contributed by atoms with van der Waals surface area (Å²) in [5, 5.41) is 11.1. The van der Waals surface area contributed by atoms with Gasteiger partial charge in [0.1, 0.15) is 23.3 Å². The van der Waals surface area contributed by atoms with E-state index < -0.39 is 17.7 Å². The van der Waals surface area contributed by atoms with Crippen LogP contribution < -0.4 is 4.90 Å². The van der Waals surface area contributed by atoms with Gasteiger partial charge in [-0.05, 0) is 69.2 Å². The van der Waals surface area contributed by atoms with Crippen molar-refractivity contribution in [2.24, 2.45) is 0 Å². The minimum absolute atomic E-state index is 0.0261. The first-order valence-corrected chi connectivity index (χ1v) is 9.79. The number of aliphatic hydroxyl groups is 1. The molecule has 0 saturated carbocycles. The van der Waals surface area contributed by atoms with Crippen LogP contribution in [0.1, 0.15) is 39.8 Å². The van der Waals surface area contributed by atoms with Crippen LogP contribution in [0.2, 0.25) is 0 Å². The normalized spacial score (nSPS) is 18.3. The van der Waals surface area contributed by atoms with Crippen LogP contribution in [0, 0.1) is 27.7 Å². The molecule has 1 saturated heterocycles. The lowest BCUT2D eigenvalue weighted by molar-refractivity contribution is -0.132. The van der Waals surface area contributed by atoms with Crippen molar-refractivity contribution in [3.05, 3.63) is 93.9 Å². The minimum Gasteiger partial charge on any atom is -0.507 e. The molecule has 0 radical (unpaired) electrons. The van der Waals surface area contributed by atoms with Gasteiger partial charge in [-0.3, -0.25) is 14.5 Å². The highest BCUT2D eigenvalue weighted by molar-refractivity contribution is 6.51. The monoisotopic (exact) mass is 401 g/mol. The number of hydrogen-bond donors (Lipinski definition) is 1. The molecule has 1 amide bonds. The molecule has 1 unspecified atom stereocenters. The van der Waals surface area contributed by atoms with Crippen molar-refractivity contribution in [3.8, 4) is 0 Å². The van der Waals surface area contributed by atoms with Gasteiger partial charge in [0.25, 0.3) is 11.7 Å². The molecular formula is C25H23NO4. The smallest absolute Gasteiger partial charge is 0.300 e. The van der Waals surface area contributed by atoms with Crippen LogP contribution in [-0.2, 0) is 9.59 Å². The second kappa shape index (κ2) is 7.34. The topological polar surface area (TPSA) is 70.8 Å². The molecule has 2 aromatic carbocycles. The standard InChI is InChI=1S/C25H23NO4/c1-14-5-10-19(11-6-14)26-22(20-12-8-17(4)30-20)21(24(28)25(26)29)23(27)18-9-7-15(2)16(3)13-18/h5-13,22,27H,1-4H3/b23-21-. The van der Waals surface area contributed by atoms with Crippen LogP contribution in [0.3, 0.4) is 0 Å². The van der Waals surface area contributed by atoms with Gasteiger partial charge in [0.05, 0.1) is 5.57 Å². The SMILES string of the molecule is Cc1ccc(N2C(=O)C(=O)/C(=C(\O)c3ccc(C)c(C)c3)C2c2ccc(C)o2)cc1. The number of anilines is 1. The Kier molecular flexibility index (Phi) is 4.82. The Bertz CT molecular complexity index is 1180. The number of rotatable bonds is 3. The van der Waals surface area contributed by atoms with Crippen molar-refractivity contribution in [2.45, 2.75) is 33.7 Å². The van der Waals surface area contributed by atoms with Gasteiger partial charge in [-0.2, -0.15) is 0 Å². The summed E-state index contributed by atoms with van der Waals surface area (Å²) in [6, 6.07) is 15.5. The quantitative estimate of drug-likeness (QED) is 0.375. The maximum atomic E-state index is 13.1. The lowest BCUT2D eigenvalue weighted by Gasteiger charge is -2.23. The number of nitrogens with zero attached hydrogens (tertiary/aromatic N) is 1. The summed E-state index contributed by atoms with van der Waals surface area (Å²) in [6.07, 6.45) is 0. The van der Waals surface area contributed by atoms with Crippen LogP contribution in [0.15, 0.2) is 64.6 Å². The zero-order valence-corrected chi connectivity index (χ0v) is 17.4. The van der Waals surface area contributed by atoms with Gasteiger partial charge in [-0.25, -0.2) is 0 Å². The molecule has 3 aromatic rings. The first kappa shape index (κ1) is 19.7. The van der Waals surface area contributed by atoms with E-state index in [0.717, 1.165) is 16.7 Å². The maximum Gasteiger partial charge on any atom is 0.300 e. The van der Waals surface area contributed by atoms with Gasteiger partial charge in [-0.15, -0.1) is 0 Å². The largest absolute Gasteiger partial charge is 0.507 e. The predicted octanol–water partition coefficient (Wildman–Crippen LogP) is 5.14. The fourth-order valence-corrected chi connectivity index (χ4v) is 3.72. The van der Waals surface area contributed by atoms with E-state index in [4.69, 9.17) is 4.42 Å². The molecule has 1 aliphatic heterocycles. The summed E-state index contributed by atoms with van der Waals surface area (Å²) >= 11 is 0. The molecule has 2 heterocycles. The summed E-state index contributed by atoms with van der Waals surface area (Å²) in [5.41, 5.74) is 4.19. The van der Waals surface area contributed by atoms with Crippen molar-refractivity contribution in [1.82, 2.24) is 0 Å². The molecule has 0 bridgehead atoms. The third-order valence-electron chi connectivity index (χ3n) is 5.57. The molecule has 0 aliphatic carbocycles. The molecule has 30 heavy (non-hydrogen) atoms. The Morgan fingerprint density at radius 3 is 2.20 bits per heavy atom. The first-order valence-electron chi connectivity index (χ1n) is 9.79. The summed E-state index contributed by atoms with van der Waals surface area (Å²) in [4.78, 5) is 27.5. The number of aryl methyl sites for hydroxylation is 4. The summed E-state index contributed by atoms with van der Waals surface area (Å²) in [7, 11) is 0. The van der Waals surface area contributed by atoms with Crippen molar-refractivity contribution >= 4 is 23.1 Å². The van der Waals surface area contributed by atoms with E-state index in [1.807, 2.05) is 45.0 Å². The third kappa shape index (κ3) is 3.22. The Balaban J connectivity index is 1.94. The first-order chi connectivity index (χ1) is 14.3. The maximum absolute atomic E-state index is 13.1. The lowest BCUT2D eigenvalue weighted by atomic mass is 9.97. The number of ketones is 1. The molecule has 1 aliphatic rings. The molecule has 1 N–H and O–H groups in total. The zero-order valence-electron chi connectivity index (χ0n) is 17.4. The van der Waals surface area contributed by atoms with E-state index in [1.165, 1.54) is 4.90 Å². The van der Waals surface area contributed by atoms with Gasteiger partial charge < -0.3 is 9.52 Å². The third-order valence-corrected chi connectivity index (χ3v) is 5.57. The van der Waals surface area contributed by atoms with E-state index in [-0.39, 0.29) is 11.3 Å². The Morgan fingerprint density at radius 2 is 1.60 bits per heavy atom. The van der Waals surface area contributed by atoms with Gasteiger partial charge in [0, 0.05) is 11.3 Å². The molecule has 4 rings (SSSR count). The summed E-state index contributed by atoms with van der Waals surface area (Å²) in [6.45, 7) is 7.65. The zero-order chi connectivity index (χ0) is 21.6. The number of furan rings is 1. The fraction of sp³-hybridized carbons (Fsp3) is 0.200. The highest BCUT2D eigenvalue weighted by Gasteiger charge is 2.48. The van der Waals surface area contributed by atoms with Crippen LogP contribution in [-0.4, -0.2) is 16.8 Å². The molecule has 1 fully saturated rings. The molecular weight excluding hydrogens is 378 g/mol. The number of Topliss-reactive ketones (excluding diaryl/α,β-unsaturated/α-hetero) is 1. The summed E-state index contributed by atoms with van der Waals surface area (Å²) < 4.78 is 5.81. The van der Waals surface area contributed by atoms with Crippen LogP contribution in [0.5, 0.6) is 0 Å². The number of carbonyl (C=O) groups excluding carboxylic acids is 2. The van der Waals surface area contributed by atoms with Crippen LogP contribution >= 0.6 is 0 Å². The van der Waals surface area contributed by atoms with Crippen molar-refractivity contribution in [3.63, 3.8) is 0 Å². The van der Waals surface area contributed by atoms with E-state index in [1.54, 1.807) is 37.3 Å². The number of carbonyl (C=O) groups is 2. The van der Waals surface area contributed by atoms with Crippen molar-refractivity contribution in [2.75, 3.05) is 4.90 Å². The fourth-order valence-electron chi connectivity index (χ4n) is 3.72.